The minimum absolute atomic E-state index is 0.0333. The molecule has 1 amide bonds. The number of benzene rings is 1. The van der Waals surface area contributed by atoms with Crippen molar-refractivity contribution in [3.63, 3.8) is 0 Å². The molecule has 1 saturated heterocycles. The van der Waals surface area contributed by atoms with Crippen LogP contribution in [0.4, 0.5) is 0 Å². The fourth-order valence-corrected chi connectivity index (χ4v) is 3.19. The molecule has 1 atom stereocenters. The Bertz CT molecular complexity index is 779. The maximum Gasteiger partial charge on any atom is 0.267 e. The summed E-state index contributed by atoms with van der Waals surface area (Å²) in [6.07, 6.45) is 1.56. The van der Waals surface area contributed by atoms with Crippen molar-refractivity contribution < 1.29 is 19.1 Å². The number of nitrogens with one attached hydrogen (secondary N) is 2. The second kappa shape index (κ2) is 8.83. The molecule has 2 heterocycles. The topological polar surface area (TPSA) is 83.7 Å². The van der Waals surface area contributed by atoms with E-state index in [0.29, 0.717) is 31.0 Å². The molecule has 0 spiro atoms. The fraction of sp³-hybridized carbons (Fsp3) is 0.400. The van der Waals surface area contributed by atoms with Crippen LogP contribution in [0.25, 0.3) is 0 Å². The molecular weight excluding hydrogens is 346 g/mol. The Hall–Kier alpha value is -2.64. The Morgan fingerprint density at radius 1 is 1.26 bits per heavy atom. The zero-order valence-electron chi connectivity index (χ0n) is 15.7. The van der Waals surface area contributed by atoms with E-state index in [-0.39, 0.29) is 17.7 Å². The number of hydrogen-bond acceptors (Lipinski definition) is 5. The van der Waals surface area contributed by atoms with E-state index in [1.807, 2.05) is 24.3 Å². The second-order valence-corrected chi connectivity index (χ2v) is 6.51. The van der Waals surface area contributed by atoms with Crippen molar-refractivity contribution in [3.8, 4) is 5.75 Å². The van der Waals surface area contributed by atoms with Crippen LogP contribution in [0.15, 0.2) is 36.5 Å². The zero-order chi connectivity index (χ0) is 19.2. The molecule has 7 nitrogen and oxygen atoms in total. The van der Waals surface area contributed by atoms with E-state index in [1.165, 1.54) is 6.92 Å². The average Bonchev–Trinajstić information content (AvgIpc) is 3.20. The van der Waals surface area contributed by atoms with Crippen LogP contribution < -0.4 is 10.1 Å². The maximum atomic E-state index is 12.5. The van der Waals surface area contributed by atoms with E-state index in [1.54, 1.807) is 19.4 Å². The van der Waals surface area contributed by atoms with Gasteiger partial charge in [-0.25, -0.2) is 0 Å². The zero-order valence-corrected chi connectivity index (χ0v) is 15.7. The number of amides is 1. The number of morpholine rings is 1. The lowest BCUT2D eigenvalue weighted by Crippen LogP contribution is -2.43. The predicted molar refractivity (Wildman–Crippen MR) is 101 cm³/mol. The minimum Gasteiger partial charge on any atom is -0.497 e. The first-order valence-electron chi connectivity index (χ1n) is 9.02. The normalized spacial score (nSPS) is 15.9. The van der Waals surface area contributed by atoms with Gasteiger partial charge in [0.15, 0.2) is 5.78 Å². The third-order valence-corrected chi connectivity index (χ3v) is 4.78. The molecular formula is C20H25N3O4. The van der Waals surface area contributed by atoms with Crippen LogP contribution in [0.1, 0.15) is 39.4 Å². The summed E-state index contributed by atoms with van der Waals surface area (Å²) in [7, 11) is 1.64. The lowest BCUT2D eigenvalue weighted by Gasteiger charge is -2.35. The van der Waals surface area contributed by atoms with Crippen LogP contribution in [0.2, 0.25) is 0 Å². The van der Waals surface area contributed by atoms with Gasteiger partial charge in [0, 0.05) is 31.4 Å². The molecule has 3 rings (SSSR count). The van der Waals surface area contributed by atoms with Crippen molar-refractivity contribution in [1.29, 1.82) is 0 Å². The number of hydrogen-bond donors (Lipinski definition) is 2. The van der Waals surface area contributed by atoms with Gasteiger partial charge in [0.2, 0.25) is 0 Å². The summed E-state index contributed by atoms with van der Waals surface area (Å²) >= 11 is 0. The van der Waals surface area contributed by atoms with Gasteiger partial charge < -0.3 is 19.8 Å². The van der Waals surface area contributed by atoms with Crippen molar-refractivity contribution in [3.05, 3.63) is 53.3 Å². The molecule has 1 unspecified atom stereocenters. The second-order valence-electron chi connectivity index (χ2n) is 6.51. The van der Waals surface area contributed by atoms with Gasteiger partial charge in [0.25, 0.3) is 5.91 Å². The SMILES string of the molecule is COc1ccc(C(CNC(=O)c2cc(C(C)=O)c[nH]2)N2CCOCC2)cc1. The maximum absolute atomic E-state index is 12.5. The fourth-order valence-electron chi connectivity index (χ4n) is 3.19. The Morgan fingerprint density at radius 3 is 2.56 bits per heavy atom. The highest BCUT2D eigenvalue weighted by Crippen LogP contribution is 2.23. The van der Waals surface area contributed by atoms with Gasteiger partial charge in [-0.05, 0) is 30.7 Å². The molecule has 2 aromatic rings. The molecule has 1 aromatic heterocycles. The van der Waals surface area contributed by atoms with Gasteiger partial charge in [-0.2, -0.15) is 0 Å². The summed E-state index contributed by atoms with van der Waals surface area (Å²) in [6.45, 7) is 4.91. The molecule has 0 aliphatic carbocycles. The van der Waals surface area contributed by atoms with Gasteiger partial charge in [-0.1, -0.05) is 12.1 Å². The lowest BCUT2D eigenvalue weighted by molar-refractivity contribution is 0.0162. The summed E-state index contributed by atoms with van der Waals surface area (Å²) in [4.78, 5) is 29.1. The highest BCUT2D eigenvalue weighted by molar-refractivity contribution is 5.99. The van der Waals surface area contributed by atoms with Crippen molar-refractivity contribution in [1.82, 2.24) is 15.2 Å². The summed E-state index contributed by atoms with van der Waals surface area (Å²) in [6, 6.07) is 9.51. The van der Waals surface area contributed by atoms with E-state index in [0.717, 1.165) is 24.4 Å². The van der Waals surface area contributed by atoms with Gasteiger partial charge >= 0.3 is 0 Å². The van der Waals surface area contributed by atoms with Crippen LogP contribution in [0, 0.1) is 0 Å². The van der Waals surface area contributed by atoms with E-state index in [4.69, 9.17) is 9.47 Å². The lowest BCUT2D eigenvalue weighted by atomic mass is 10.0. The first-order chi connectivity index (χ1) is 13.1. The standard InChI is InChI=1S/C20H25N3O4/c1-14(24)16-11-18(21-12-16)20(25)22-13-19(23-7-9-27-10-8-23)15-3-5-17(26-2)6-4-15/h3-6,11-12,19,21H,7-10,13H2,1-2H3,(H,22,25). The summed E-state index contributed by atoms with van der Waals surface area (Å²) in [5.41, 5.74) is 1.99. The monoisotopic (exact) mass is 371 g/mol. The van der Waals surface area contributed by atoms with Gasteiger partial charge in [0.1, 0.15) is 11.4 Å². The van der Waals surface area contributed by atoms with Crippen molar-refractivity contribution >= 4 is 11.7 Å². The molecule has 1 aliphatic heterocycles. The summed E-state index contributed by atoms with van der Waals surface area (Å²) in [5, 5.41) is 2.98. The Balaban J connectivity index is 1.71. The van der Waals surface area contributed by atoms with Crippen LogP contribution in [0.3, 0.4) is 0 Å². The van der Waals surface area contributed by atoms with Crippen LogP contribution in [-0.2, 0) is 4.74 Å². The third kappa shape index (κ3) is 4.75. The number of ether oxygens (including phenoxy) is 2. The van der Waals surface area contributed by atoms with E-state index < -0.39 is 0 Å². The van der Waals surface area contributed by atoms with Crippen molar-refractivity contribution in [2.75, 3.05) is 40.0 Å². The Labute approximate surface area is 158 Å². The van der Waals surface area contributed by atoms with Gasteiger partial charge in [-0.3, -0.25) is 14.5 Å². The quantitative estimate of drug-likeness (QED) is 0.728. The van der Waals surface area contributed by atoms with E-state index >= 15 is 0 Å². The first-order valence-corrected chi connectivity index (χ1v) is 9.02. The number of H-pyrrole nitrogens is 1. The van der Waals surface area contributed by atoms with Gasteiger partial charge in [-0.15, -0.1) is 0 Å². The van der Waals surface area contributed by atoms with E-state index in [9.17, 15) is 9.59 Å². The summed E-state index contributed by atoms with van der Waals surface area (Å²) < 4.78 is 10.7. The van der Waals surface area contributed by atoms with Crippen molar-refractivity contribution in [2.24, 2.45) is 0 Å². The number of rotatable bonds is 7. The number of ketones is 1. The largest absolute Gasteiger partial charge is 0.497 e. The summed E-state index contributed by atoms with van der Waals surface area (Å²) in [5.74, 6) is 0.496. The van der Waals surface area contributed by atoms with Crippen molar-refractivity contribution in [2.45, 2.75) is 13.0 Å². The number of aromatic amines is 1. The average molecular weight is 371 g/mol. The number of nitrogens with zero attached hydrogens (tertiary/aromatic N) is 1. The number of carbonyl (C=O) groups is 2. The molecule has 27 heavy (non-hydrogen) atoms. The number of carbonyl (C=O) groups excluding carboxylic acids is 2. The highest BCUT2D eigenvalue weighted by atomic mass is 16.5. The smallest absolute Gasteiger partial charge is 0.267 e. The van der Waals surface area contributed by atoms with E-state index in [2.05, 4.69) is 15.2 Å². The number of Topliss-reactive ketones (excluding diaryl/α,β-unsaturated/α-hetero) is 1. The van der Waals surface area contributed by atoms with Crippen LogP contribution >= 0.6 is 0 Å². The molecule has 1 aromatic carbocycles. The third-order valence-electron chi connectivity index (χ3n) is 4.78. The molecule has 144 valence electrons. The molecule has 2 N–H and O–H groups in total. The molecule has 1 aliphatic rings. The Morgan fingerprint density at radius 2 is 1.96 bits per heavy atom. The first kappa shape index (κ1) is 19.1. The number of aromatic nitrogens is 1. The minimum atomic E-state index is -0.228. The molecule has 7 heteroatoms. The van der Waals surface area contributed by atoms with Crippen LogP contribution in [-0.4, -0.2) is 61.5 Å². The van der Waals surface area contributed by atoms with Crippen LogP contribution in [0.5, 0.6) is 5.75 Å². The molecule has 0 saturated carbocycles. The predicted octanol–water partition coefficient (Wildman–Crippen LogP) is 2.03. The molecule has 1 fully saturated rings. The Kier molecular flexibility index (Phi) is 6.26. The molecule has 0 radical (unpaired) electrons. The van der Waals surface area contributed by atoms with Gasteiger partial charge in [0.05, 0.1) is 26.4 Å². The molecule has 0 bridgehead atoms. The number of methoxy groups -OCH3 is 1. The highest BCUT2D eigenvalue weighted by Gasteiger charge is 2.23.